The maximum atomic E-state index is 12.3. The first-order chi connectivity index (χ1) is 14.0. The number of nitrogen functional groups attached to an aromatic ring is 1. The van der Waals surface area contributed by atoms with Crippen LogP contribution in [-0.4, -0.2) is 64.8 Å². The minimum absolute atomic E-state index is 0.0206. The molecule has 11 nitrogen and oxygen atoms in total. The summed E-state index contributed by atoms with van der Waals surface area (Å²) in [5, 5.41) is 37.6. The SMILES string of the molecule is Nc1nc(=O)n(C2OC(CO)C(O)C2O)cc1Cc1cn(-c2ccccc2)nn1. The van der Waals surface area contributed by atoms with Crippen molar-refractivity contribution in [2.24, 2.45) is 0 Å². The lowest BCUT2D eigenvalue weighted by Crippen LogP contribution is -2.36. The monoisotopic (exact) mass is 400 g/mol. The summed E-state index contributed by atoms with van der Waals surface area (Å²) in [6, 6.07) is 9.44. The summed E-state index contributed by atoms with van der Waals surface area (Å²) in [4.78, 5) is 16.1. The summed E-state index contributed by atoms with van der Waals surface area (Å²) in [5.74, 6) is 0.0206. The third-order valence-electron chi connectivity index (χ3n) is 4.79. The van der Waals surface area contributed by atoms with Crippen LogP contribution in [0.25, 0.3) is 5.69 Å². The molecule has 3 heterocycles. The molecular formula is C18H20N6O5. The second-order valence-electron chi connectivity index (χ2n) is 6.74. The van der Waals surface area contributed by atoms with E-state index in [0.29, 0.717) is 11.3 Å². The summed E-state index contributed by atoms with van der Waals surface area (Å²) in [7, 11) is 0. The molecular weight excluding hydrogens is 380 g/mol. The zero-order valence-electron chi connectivity index (χ0n) is 15.2. The highest BCUT2D eigenvalue weighted by Crippen LogP contribution is 2.28. The van der Waals surface area contributed by atoms with Crippen molar-refractivity contribution in [1.29, 1.82) is 0 Å². The third kappa shape index (κ3) is 3.63. The zero-order valence-corrected chi connectivity index (χ0v) is 15.2. The van der Waals surface area contributed by atoms with Crippen LogP contribution in [0, 0.1) is 0 Å². The van der Waals surface area contributed by atoms with E-state index >= 15 is 0 Å². The van der Waals surface area contributed by atoms with Gasteiger partial charge in [-0.2, -0.15) is 4.98 Å². The molecule has 0 saturated carbocycles. The highest BCUT2D eigenvalue weighted by atomic mass is 16.6. The lowest BCUT2D eigenvalue weighted by molar-refractivity contribution is -0.0550. The van der Waals surface area contributed by atoms with E-state index in [1.807, 2.05) is 30.3 Å². The Labute approximate surface area is 164 Å². The lowest BCUT2D eigenvalue weighted by Gasteiger charge is -2.18. The van der Waals surface area contributed by atoms with Crippen LogP contribution >= 0.6 is 0 Å². The van der Waals surface area contributed by atoms with E-state index in [1.165, 1.54) is 6.20 Å². The summed E-state index contributed by atoms with van der Waals surface area (Å²) in [6.45, 7) is -0.499. The summed E-state index contributed by atoms with van der Waals surface area (Å²) in [5.41, 5.74) is 7.06. The Hall–Kier alpha value is -3.12. The zero-order chi connectivity index (χ0) is 20.5. The van der Waals surface area contributed by atoms with E-state index in [2.05, 4.69) is 15.3 Å². The molecule has 3 aromatic rings. The molecule has 1 saturated heterocycles. The van der Waals surface area contributed by atoms with Crippen LogP contribution in [-0.2, 0) is 11.2 Å². The first-order valence-electron chi connectivity index (χ1n) is 8.94. The number of nitrogens with two attached hydrogens (primary N) is 1. The predicted molar refractivity (Wildman–Crippen MR) is 100 cm³/mol. The number of anilines is 1. The van der Waals surface area contributed by atoms with Gasteiger partial charge in [0, 0.05) is 18.2 Å². The molecule has 1 fully saturated rings. The number of aliphatic hydroxyl groups is 3. The van der Waals surface area contributed by atoms with E-state index in [1.54, 1.807) is 10.9 Å². The first kappa shape index (κ1) is 19.2. The van der Waals surface area contributed by atoms with Gasteiger partial charge in [0.1, 0.15) is 24.1 Å². The van der Waals surface area contributed by atoms with Gasteiger partial charge >= 0.3 is 5.69 Å². The number of benzene rings is 1. The van der Waals surface area contributed by atoms with Crippen molar-refractivity contribution < 1.29 is 20.1 Å². The average Bonchev–Trinajstić information content (AvgIpc) is 3.30. The standard InChI is InChI=1S/C18H20N6O5/c19-16-10(6-11-8-24(22-21-11)12-4-2-1-3-5-12)7-23(18(28)20-16)17-15(27)14(26)13(9-25)29-17/h1-5,7-8,13-15,17,25-27H,6,9H2,(H2,19,20,28). The maximum Gasteiger partial charge on any atom is 0.351 e. The molecule has 1 aromatic carbocycles. The molecule has 0 radical (unpaired) electrons. The number of aliphatic hydroxyl groups excluding tert-OH is 3. The number of para-hydroxylation sites is 1. The van der Waals surface area contributed by atoms with E-state index < -0.39 is 36.8 Å². The van der Waals surface area contributed by atoms with Gasteiger partial charge < -0.3 is 25.8 Å². The second-order valence-corrected chi connectivity index (χ2v) is 6.74. The Morgan fingerprint density at radius 1 is 1.14 bits per heavy atom. The number of rotatable bonds is 5. The van der Waals surface area contributed by atoms with Crippen molar-refractivity contribution in [1.82, 2.24) is 24.5 Å². The largest absolute Gasteiger partial charge is 0.394 e. The van der Waals surface area contributed by atoms with Crippen LogP contribution in [0.5, 0.6) is 0 Å². The molecule has 152 valence electrons. The van der Waals surface area contributed by atoms with E-state index in [9.17, 15) is 20.1 Å². The maximum absolute atomic E-state index is 12.3. The second kappa shape index (κ2) is 7.72. The molecule has 1 aliphatic rings. The van der Waals surface area contributed by atoms with Gasteiger partial charge in [0.2, 0.25) is 0 Å². The van der Waals surface area contributed by atoms with Gasteiger partial charge in [0.25, 0.3) is 0 Å². The molecule has 5 N–H and O–H groups in total. The number of hydrogen-bond donors (Lipinski definition) is 4. The topological polar surface area (TPSA) is 162 Å². The Morgan fingerprint density at radius 3 is 2.59 bits per heavy atom. The van der Waals surface area contributed by atoms with Gasteiger partial charge in [-0.25, -0.2) is 9.48 Å². The quantitative estimate of drug-likeness (QED) is 0.404. The van der Waals surface area contributed by atoms with Crippen LogP contribution in [0.2, 0.25) is 0 Å². The normalized spacial score (nSPS) is 24.1. The third-order valence-corrected chi connectivity index (χ3v) is 4.79. The van der Waals surface area contributed by atoms with Crippen LogP contribution in [0.4, 0.5) is 5.82 Å². The molecule has 0 spiro atoms. The molecule has 11 heteroatoms. The highest BCUT2D eigenvalue weighted by molar-refractivity contribution is 5.39. The molecule has 1 aliphatic heterocycles. The average molecular weight is 400 g/mol. The van der Waals surface area contributed by atoms with Gasteiger partial charge in [0.15, 0.2) is 6.23 Å². The number of ether oxygens (including phenoxy) is 1. The van der Waals surface area contributed by atoms with Gasteiger partial charge in [-0.1, -0.05) is 23.4 Å². The molecule has 29 heavy (non-hydrogen) atoms. The molecule has 4 unspecified atom stereocenters. The van der Waals surface area contributed by atoms with Crippen LogP contribution in [0.15, 0.2) is 47.5 Å². The minimum atomic E-state index is -1.40. The van der Waals surface area contributed by atoms with Gasteiger partial charge in [-0.05, 0) is 12.1 Å². The fourth-order valence-corrected chi connectivity index (χ4v) is 3.23. The summed E-state index contributed by atoms with van der Waals surface area (Å²) in [6.07, 6.45) is -1.55. The minimum Gasteiger partial charge on any atom is -0.394 e. The lowest BCUT2D eigenvalue weighted by atomic mass is 10.1. The van der Waals surface area contributed by atoms with E-state index in [0.717, 1.165) is 10.3 Å². The van der Waals surface area contributed by atoms with Crippen molar-refractivity contribution in [2.45, 2.75) is 31.0 Å². The smallest absolute Gasteiger partial charge is 0.351 e. The molecule has 4 rings (SSSR count). The molecule has 0 aliphatic carbocycles. The van der Waals surface area contributed by atoms with Crippen molar-refractivity contribution in [3.05, 3.63) is 64.5 Å². The van der Waals surface area contributed by atoms with Crippen molar-refractivity contribution in [2.75, 3.05) is 12.3 Å². The van der Waals surface area contributed by atoms with Crippen molar-refractivity contribution in [3.8, 4) is 5.69 Å². The van der Waals surface area contributed by atoms with Gasteiger partial charge in [0.05, 0.1) is 24.2 Å². The first-order valence-corrected chi connectivity index (χ1v) is 8.94. The molecule has 0 amide bonds. The molecule has 4 atom stereocenters. The summed E-state index contributed by atoms with van der Waals surface area (Å²) >= 11 is 0. The summed E-state index contributed by atoms with van der Waals surface area (Å²) < 4.78 is 8.07. The van der Waals surface area contributed by atoms with Gasteiger partial charge in [-0.15, -0.1) is 5.10 Å². The Balaban J connectivity index is 1.62. The number of aromatic nitrogens is 5. The fraction of sp³-hybridized carbons (Fsp3) is 0.333. The van der Waals surface area contributed by atoms with E-state index in [4.69, 9.17) is 10.5 Å². The van der Waals surface area contributed by atoms with Crippen LogP contribution < -0.4 is 11.4 Å². The molecule has 2 aromatic heterocycles. The highest BCUT2D eigenvalue weighted by Gasteiger charge is 2.43. The predicted octanol–water partition coefficient (Wildman–Crippen LogP) is -1.39. The van der Waals surface area contributed by atoms with Crippen molar-refractivity contribution >= 4 is 5.82 Å². The van der Waals surface area contributed by atoms with Crippen LogP contribution in [0.1, 0.15) is 17.5 Å². The van der Waals surface area contributed by atoms with Gasteiger partial charge in [-0.3, -0.25) is 4.57 Å². The van der Waals surface area contributed by atoms with E-state index in [-0.39, 0.29) is 12.2 Å². The Kier molecular flexibility index (Phi) is 5.11. The Morgan fingerprint density at radius 2 is 1.90 bits per heavy atom. The van der Waals surface area contributed by atoms with Crippen LogP contribution in [0.3, 0.4) is 0 Å². The molecule has 0 bridgehead atoms. The number of hydrogen-bond acceptors (Lipinski definition) is 9. The Bertz CT molecular complexity index is 1050. The number of nitrogens with zero attached hydrogens (tertiary/aromatic N) is 5. The fourth-order valence-electron chi connectivity index (χ4n) is 3.23. The van der Waals surface area contributed by atoms with Crippen molar-refractivity contribution in [3.63, 3.8) is 0 Å².